The number of rotatable bonds is 6. The molecule has 0 aliphatic carbocycles. The quantitative estimate of drug-likeness (QED) is 0.331. The van der Waals surface area contributed by atoms with Gasteiger partial charge >= 0.3 is 6.61 Å². The van der Waals surface area contributed by atoms with Crippen molar-refractivity contribution >= 4 is 45.9 Å². The highest BCUT2D eigenvalue weighted by Gasteiger charge is 2.29. The van der Waals surface area contributed by atoms with Crippen molar-refractivity contribution in [2.75, 3.05) is 20.2 Å². The van der Waals surface area contributed by atoms with E-state index >= 15 is 0 Å². The zero-order valence-electron chi connectivity index (χ0n) is 14.2. The first-order valence-corrected chi connectivity index (χ1v) is 8.53. The van der Waals surface area contributed by atoms with Gasteiger partial charge in [0.25, 0.3) is 0 Å². The molecule has 0 amide bonds. The normalized spacial score (nSPS) is 20.3. The summed E-state index contributed by atoms with van der Waals surface area (Å²) in [5, 5.41) is 6.32. The third-order valence-corrected chi connectivity index (χ3v) is 4.33. The van der Waals surface area contributed by atoms with Gasteiger partial charge in [0, 0.05) is 36.8 Å². The number of hydrogen-bond acceptors (Lipinski definition) is 3. The number of alkyl halides is 2. The molecule has 142 valence electrons. The molecule has 0 spiro atoms. The molecule has 1 saturated heterocycles. The number of halogens is 4. The molecule has 0 bridgehead atoms. The van der Waals surface area contributed by atoms with E-state index in [9.17, 15) is 8.78 Å². The molecule has 1 atom stereocenters. The Kier molecular flexibility index (Phi) is 9.36. The minimum atomic E-state index is -2.86. The van der Waals surface area contributed by atoms with Crippen molar-refractivity contribution in [1.82, 2.24) is 10.6 Å². The topological polar surface area (TPSA) is 54.9 Å². The molecule has 1 aromatic rings. The third kappa shape index (κ3) is 7.22. The fourth-order valence-electron chi connectivity index (χ4n) is 2.54. The molecule has 0 radical (unpaired) electrons. The summed E-state index contributed by atoms with van der Waals surface area (Å²) in [6.07, 6.45) is 2.05. The molecule has 1 aromatic carbocycles. The monoisotopic (exact) mass is 533 g/mol. The van der Waals surface area contributed by atoms with Crippen LogP contribution in [0.3, 0.4) is 0 Å². The van der Waals surface area contributed by atoms with Crippen LogP contribution in [0.2, 0.25) is 0 Å². The highest BCUT2D eigenvalue weighted by molar-refractivity contribution is 14.0. The minimum absolute atomic E-state index is 0. The van der Waals surface area contributed by atoms with Gasteiger partial charge in [-0.05, 0) is 38.0 Å². The summed E-state index contributed by atoms with van der Waals surface area (Å²) in [5.41, 5.74) is 0.410. The molecule has 25 heavy (non-hydrogen) atoms. The molecule has 2 N–H and O–H groups in total. The van der Waals surface area contributed by atoms with Gasteiger partial charge in [-0.15, -0.1) is 24.0 Å². The van der Waals surface area contributed by atoms with E-state index in [0.29, 0.717) is 24.6 Å². The zero-order valence-corrected chi connectivity index (χ0v) is 18.1. The Balaban J connectivity index is 0.00000312. The summed E-state index contributed by atoms with van der Waals surface area (Å²) in [5.74, 6) is 0.719. The van der Waals surface area contributed by atoms with Crippen LogP contribution in [0.5, 0.6) is 5.75 Å². The third-order valence-electron chi connectivity index (χ3n) is 3.84. The maximum Gasteiger partial charge on any atom is 0.387 e. The van der Waals surface area contributed by atoms with Gasteiger partial charge < -0.3 is 20.1 Å². The summed E-state index contributed by atoms with van der Waals surface area (Å²) in [7, 11) is 1.66. The van der Waals surface area contributed by atoms with E-state index in [1.165, 1.54) is 6.07 Å². The lowest BCUT2D eigenvalue weighted by Gasteiger charge is -2.24. The van der Waals surface area contributed by atoms with Crippen LogP contribution < -0.4 is 15.4 Å². The van der Waals surface area contributed by atoms with Crippen molar-refractivity contribution in [3.05, 3.63) is 28.2 Å². The molecule has 1 heterocycles. The second-order valence-electron chi connectivity index (χ2n) is 5.81. The lowest BCUT2D eigenvalue weighted by Crippen LogP contribution is -2.45. The van der Waals surface area contributed by atoms with Gasteiger partial charge in [-0.1, -0.05) is 15.9 Å². The van der Waals surface area contributed by atoms with Crippen molar-refractivity contribution in [2.24, 2.45) is 4.99 Å². The number of hydrogen-bond donors (Lipinski definition) is 2. The van der Waals surface area contributed by atoms with Crippen LogP contribution in [0.25, 0.3) is 0 Å². The van der Waals surface area contributed by atoms with E-state index < -0.39 is 6.61 Å². The smallest absolute Gasteiger partial charge is 0.387 e. The van der Waals surface area contributed by atoms with Gasteiger partial charge in [-0.3, -0.25) is 4.99 Å². The minimum Gasteiger partial charge on any atom is -0.434 e. The van der Waals surface area contributed by atoms with Crippen molar-refractivity contribution in [1.29, 1.82) is 0 Å². The standard InChI is InChI=1S/C16H22BrF2N3O2.HI/c1-16(6-3-7-23-16)10-22-15(20-2)21-9-11-8-12(17)4-5-13(11)24-14(18)19;/h4-5,8,14H,3,6-7,9-10H2,1-2H3,(H2,20,21,22);1H. The summed E-state index contributed by atoms with van der Waals surface area (Å²) in [6, 6.07) is 4.91. The van der Waals surface area contributed by atoms with Gasteiger partial charge in [0.15, 0.2) is 5.96 Å². The molecule has 1 aliphatic heterocycles. The molecule has 1 fully saturated rings. The number of benzene rings is 1. The van der Waals surface area contributed by atoms with Crippen molar-refractivity contribution in [3.63, 3.8) is 0 Å². The highest BCUT2D eigenvalue weighted by Crippen LogP contribution is 2.25. The Bertz CT molecular complexity index is 584. The lowest BCUT2D eigenvalue weighted by molar-refractivity contribution is -0.0504. The van der Waals surface area contributed by atoms with Gasteiger partial charge in [-0.25, -0.2) is 0 Å². The van der Waals surface area contributed by atoms with E-state index in [1.54, 1.807) is 19.2 Å². The fraction of sp³-hybridized carbons (Fsp3) is 0.562. The Morgan fingerprint density at radius 3 is 2.80 bits per heavy atom. The second-order valence-corrected chi connectivity index (χ2v) is 6.73. The van der Waals surface area contributed by atoms with Crippen molar-refractivity contribution in [3.8, 4) is 5.75 Å². The molecule has 1 unspecified atom stereocenters. The van der Waals surface area contributed by atoms with Gasteiger partial charge in [0.1, 0.15) is 5.75 Å². The highest BCUT2D eigenvalue weighted by atomic mass is 127. The van der Waals surface area contributed by atoms with Crippen LogP contribution in [0.4, 0.5) is 8.78 Å². The number of guanidine groups is 1. The lowest BCUT2D eigenvalue weighted by atomic mass is 10.0. The van der Waals surface area contributed by atoms with Crippen LogP contribution in [0.1, 0.15) is 25.3 Å². The second kappa shape index (κ2) is 10.5. The van der Waals surface area contributed by atoms with E-state index in [-0.39, 0.29) is 35.3 Å². The van der Waals surface area contributed by atoms with E-state index in [1.807, 2.05) is 0 Å². The Morgan fingerprint density at radius 1 is 1.44 bits per heavy atom. The number of ether oxygens (including phenoxy) is 2. The number of nitrogens with zero attached hydrogens (tertiary/aromatic N) is 1. The van der Waals surface area contributed by atoms with Gasteiger partial charge in [-0.2, -0.15) is 8.78 Å². The molecule has 0 aromatic heterocycles. The Hall–Kier alpha value is -0.680. The molecule has 9 heteroatoms. The van der Waals surface area contributed by atoms with Crippen LogP contribution in [0.15, 0.2) is 27.7 Å². The fourth-order valence-corrected chi connectivity index (χ4v) is 2.95. The van der Waals surface area contributed by atoms with Crippen molar-refractivity contribution < 1.29 is 18.3 Å². The largest absolute Gasteiger partial charge is 0.434 e. The first-order valence-electron chi connectivity index (χ1n) is 7.73. The SMILES string of the molecule is CN=C(NCc1cc(Br)ccc1OC(F)F)NCC1(C)CCCO1.I. The van der Waals surface area contributed by atoms with E-state index in [0.717, 1.165) is 23.9 Å². The van der Waals surface area contributed by atoms with E-state index in [4.69, 9.17) is 4.74 Å². The van der Waals surface area contributed by atoms with Crippen molar-refractivity contribution in [2.45, 2.75) is 38.5 Å². The summed E-state index contributed by atoms with van der Waals surface area (Å²) >= 11 is 3.34. The molecular weight excluding hydrogens is 511 g/mol. The molecule has 5 nitrogen and oxygen atoms in total. The van der Waals surface area contributed by atoms with E-state index in [2.05, 4.69) is 43.2 Å². The molecule has 0 saturated carbocycles. The molecule has 1 aliphatic rings. The first-order chi connectivity index (χ1) is 11.4. The maximum absolute atomic E-state index is 12.5. The summed E-state index contributed by atoms with van der Waals surface area (Å²) in [4.78, 5) is 4.15. The number of aliphatic imine (C=N–C) groups is 1. The average molecular weight is 534 g/mol. The Morgan fingerprint density at radius 2 is 2.20 bits per heavy atom. The zero-order chi connectivity index (χ0) is 17.6. The maximum atomic E-state index is 12.5. The van der Waals surface area contributed by atoms with Gasteiger partial charge in [0.2, 0.25) is 0 Å². The first kappa shape index (κ1) is 22.4. The summed E-state index contributed by atoms with van der Waals surface area (Å²) < 4.78 is 36.1. The predicted molar refractivity (Wildman–Crippen MR) is 108 cm³/mol. The van der Waals surface area contributed by atoms with Crippen LogP contribution in [-0.2, 0) is 11.3 Å². The average Bonchev–Trinajstić information content (AvgIpc) is 2.96. The number of nitrogens with one attached hydrogen (secondary N) is 2. The Labute approximate surface area is 172 Å². The van der Waals surface area contributed by atoms with Crippen LogP contribution in [0, 0.1) is 0 Å². The van der Waals surface area contributed by atoms with Crippen LogP contribution >= 0.6 is 39.9 Å². The molecule has 2 rings (SSSR count). The summed E-state index contributed by atoms with van der Waals surface area (Å²) in [6.45, 7) is 0.908. The van der Waals surface area contributed by atoms with Crippen LogP contribution in [-0.4, -0.2) is 38.4 Å². The molecular formula is C16H23BrF2IN3O2. The van der Waals surface area contributed by atoms with Gasteiger partial charge in [0.05, 0.1) is 5.60 Å². The predicted octanol–water partition coefficient (Wildman–Crippen LogP) is 3.90.